The van der Waals surface area contributed by atoms with Gasteiger partial charge in [0.2, 0.25) is 0 Å². The molecule has 0 spiro atoms. The van der Waals surface area contributed by atoms with Crippen LogP contribution >= 0.6 is 0 Å². The van der Waals surface area contributed by atoms with Gasteiger partial charge in [-0.05, 0) is 31.9 Å². The van der Waals surface area contributed by atoms with Gasteiger partial charge in [-0.15, -0.1) is 0 Å². The first-order valence-corrected chi connectivity index (χ1v) is 4.93. The maximum atomic E-state index is 13.0. The number of nitrogens with two attached hydrogens (primary N) is 1. The molecule has 0 amide bonds. The van der Waals surface area contributed by atoms with E-state index in [4.69, 9.17) is 10.5 Å². The van der Waals surface area contributed by atoms with Crippen LogP contribution in [0, 0.1) is 11.6 Å². The van der Waals surface area contributed by atoms with Gasteiger partial charge in [-0.3, -0.25) is 0 Å². The lowest BCUT2D eigenvalue weighted by atomic mass is 10.2. The first-order chi connectivity index (χ1) is 7.09. The molecule has 0 aliphatic heterocycles. The van der Waals surface area contributed by atoms with E-state index in [2.05, 4.69) is 0 Å². The maximum absolute atomic E-state index is 13.0. The monoisotopic (exact) mass is 215 g/mol. The zero-order valence-electron chi connectivity index (χ0n) is 8.67. The van der Waals surface area contributed by atoms with Crippen LogP contribution < -0.4 is 10.5 Å². The molecule has 0 aliphatic rings. The number of ether oxygens (including phenoxy) is 1. The van der Waals surface area contributed by atoms with Crippen LogP contribution in [-0.4, -0.2) is 12.6 Å². The fraction of sp³-hybridized carbons (Fsp3) is 0.455. The summed E-state index contributed by atoms with van der Waals surface area (Å²) in [6.45, 7) is 2.24. The van der Waals surface area contributed by atoms with Crippen LogP contribution in [0.25, 0.3) is 0 Å². The Hall–Kier alpha value is -1.16. The van der Waals surface area contributed by atoms with Gasteiger partial charge in [-0.25, -0.2) is 8.78 Å². The van der Waals surface area contributed by atoms with Crippen LogP contribution in [0.1, 0.15) is 19.8 Å². The van der Waals surface area contributed by atoms with E-state index in [1.54, 1.807) is 0 Å². The van der Waals surface area contributed by atoms with E-state index in [-0.39, 0.29) is 11.8 Å². The van der Waals surface area contributed by atoms with Gasteiger partial charge in [-0.2, -0.15) is 0 Å². The Morgan fingerprint density at radius 2 is 2.13 bits per heavy atom. The molecule has 0 heterocycles. The summed E-state index contributed by atoms with van der Waals surface area (Å²) in [6, 6.07) is 3.26. The average Bonchev–Trinajstić information content (AvgIpc) is 2.17. The minimum atomic E-state index is -0.544. The van der Waals surface area contributed by atoms with Gasteiger partial charge in [0, 0.05) is 12.1 Å². The molecule has 0 fully saturated rings. The van der Waals surface area contributed by atoms with Crippen molar-refractivity contribution >= 4 is 0 Å². The van der Waals surface area contributed by atoms with Crippen molar-refractivity contribution in [2.24, 2.45) is 5.73 Å². The van der Waals surface area contributed by atoms with E-state index in [1.165, 1.54) is 0 Å². The first kappa shape index (κ1) is 11.9. The molecule has 0 saturated carbocycles. The van der Waals surface area contributed by atoms with E-state index in [1.807, 2.05) is 6.92 Å². The van der Waals surface area contributed by atoms with Crippen molar-refractivity contribution in [3.63, 3.8) is 0 Å². The Bertz CT molecular complexity index is 315. The third-order valence-electron chi connectivity index (χ3n) is 1.95. The molecular formula is C11H15F2NO. The molecule has 1 atom stereocenters. The summed E-state index contributed by atoms with van der Waals surface area (Å²) in [7, 11) is 0. The van der Waals surface area contributed by atoms with Crippen molar-refractivity contribution in [1.82, 2.24) is 0 Å². The molecule has 1 rings (SSSR count). The minimum absolute atomic E-state index is 0.0420. The third-order valence-corrected chi connectivity index (χ3v) is 1.95. The van der Waals surface area contributed by atoms with Gasteiger partial charge < -0.3 is 10.5 Å². The molecule has 0 aliphatic carbocycles. The molecule has 2 N–H and O–H groups in total. The van der Waals surface area contributed by atoms with E-state index in [9.17, 15) is 8.78 Å². The van der Waals surface area contributed by atoms with Gasteiger partial charge in [-0.1, -0.05) is 0 Å². The Morgan fingerprint density at radius 3 is 2.80 bits per heavy atom. The lowest BCUT2D eigenvalue weighted by Crippen LogP contribution is -2.15. The van der Waals surface area contributed by atoms with Crippen LogP contribution in [0.4, 0.5) is 8.78 Å². The normalized spacial score (nSPS) is 12.5. The van der Waals surface area contributed by atoms with Gasteiger partial charge in [0.25, 0.3) is 0 Å². The Morgan fingerprint density at radius 1 is 1.40 bits per heavy atom. The summed E-state index contributed by atoms with van der Waals surface area (Å²) >= 11 is 0. The summed E-state index contributed by atoms with van der Waals surface area (Å²) in [5.74, 6) is -1.09. The SMILES string of the molecule is CC(N)CCCOc1cc(F)ccc1F. The molecule has 0 saturated heterocycles. The van der Waals surface area contributed by atoms with Crippen molar-refractivity contribution < 1.29 is 13.5 Å². The van der Waals surface area contributed by atoms with Crippen LogP contribution in [-0.2, 0) is 0 Å². The fourth-order valence-electron chi connectivity index (χ4n) is 1.18. The van der Waals surface area contributed by atoms with Gasteiger partial charge in [0.15, 0.2) is 11.6 Å². The smallest absolute Gasteiger partial charge is 0.165 e. The average molecular weight is 215 g/mol. The molecule has 0 bridgehead atoms. The highest BCUT2D eigenvalue weighted by molar-refractivity contribution is 5.24. The van der Waals surface area contributed by atoms with Crippen molar-refractivity contribution in [1.29, 1.82) is 0 Å². The standard InChI is InChI=1S/C11H15F2NO/c1-8(14)3-2-6-15-11-7-9(12)4-5-10(11)13/h4-5,7-8H,2-3,6,14H2,1H3. The highest BCUT2D eigenvalue weighted by Gasteiger charge is 2.04. The quantitative estimate of drug-likeness (QED) is 0.766. The van der Waals surface area contributed by atoms with Crippen molar-refractivity contribution in [2.75, 3.05) is 6.61 Å². The van der Waals surface area contributed by atoms with E-state index in [0.29, 0.717) is 6.61 Å². The first-order valence-electron chi connectivity index (χ1n) is 4.93. The third kappa shape index (κ3) is 4.25. The van der Waals surface area contributed by atoms with E-state index in [0.717, 1.165) is 31.0 Å². The summed E-state index contributed by atoms with van der Waals surface area (Å²) in [4.78, 5) is 0. The summed E-state index contributed by atoms with van der Waals surface area (Å²) < 4.78 is 30.9. The van der Waals surface area contributed by atoms with Crippen LogP contribution in [0.3, 0.4) is 0 Å². The van der Waals surface area contributed by atoms with Crippen LogP contribution in [0.5, 0.6) is 5.75 Å². The molecule has 4 heteroatoms. The van der Waals surface area contributed by atoms with Crippen molar-refractivity contribution in [3.05, 3.63) is 29.8 Å². The van der Waals surface area contributed by atoms with E-state index >= 15 is 0 Å². The second-order valence-electron chi connectivity index (χ2n) is 3.54. The topological polar surface area (TPSA) is 35.2 Å². The van der Waals surface area contributed by atoms with Crippen LogP contribution in [0.2, 0.25) is 0 Å². The summed E-state index contributed by atoms with van der Waals surface area (Å²) in [6.07, 6.45) is 1.53. The number of halogens is 2. The van der Waals surface area contributed by atoms with Crippen LogP contribution in [0.15, 0.2) is 18.2 Å². The molecular weight excluding hydrogens is 200 g/mol. The van der Waals surface area contributed by atoms with Gasteiger partial charge >= 0.3 is 0 Å². The highest BCUT2D eigenvalue weighted by Crippen LogP contribution is 2.18. The molecule has 15 heavy (non-hydrogen) atoms. The maximum Gasteiger partial charge on any atom is 0.165 e. The molecule has 0 radical (unpaired) electrons. The largest absolute Gasteiger partial charge is 0.490 e. The van der Waals surface area contributed by atoms with Crippen molar-refractivity contribution in [3.8, 4) is 5.75 Å². The summed E-state index contributed by atoms with van der Waals surface area (Å²) in [5.41, 5.74) is 5.54. The number of hydrogen-bond acceptors (Lipinski definition) is 2. The molecule has 0 aromatic heterocycles. The molecule has 2 nitrogen and oxygen atoms in total. The predicted molar refractivity (Wildman–Crippen MR) is 54.7 cm³/mol. The van der Waals surface area contributed by atoms with Crippen molar-refractivity contribution in [2.45, 2.75) is 25.8 Å². The lowest BCUT2D eigenvalue weighted by Gasteiger charge is -2.08. The molecule has 1 unspecified atom stereocenters. The number of hydrogen-bond donors (Lipinski definition) is 1. The zero-order valence-corrected chi connectivity index (χ0v) is 8.67. The second kappa shape index (κ2) is 5.66. The zero-order chi connectivity index (χ0) is 11.3. The molecule has 84 valence electrons. The fourth-order valence-corrected chi connectivity index (χ4v) is 1.18. The van der Waals surface area contributed by atoms with E-state index < -0.39 is 11.6 Å². The van der Waals surface area contributed by atoms with Gasteiger partial charge in [0.05, 0.1) is 6.61 Å². The number of rotatable bonds is 5. The Labute approximate surface area is 88.0 Å². The highest BCUT2D eigenvalue weighted by atomic mass is 19.1. The Balaban J connectivity index is 2.40. The predicted octanol–water partition coefficient (Wildman–Crippen LogP) is 2.47. The molecule has 1 aromatic carbocycles. The lowest BCUT2D eigenvalue weighted by molar-refractivity contribution is 0.287. The second-order valence-corrected chi connectivity index (χ2v) is 3.54. The Kier molecular flexibility index (Phi) is 4.49. The minimum Gasteiger partial charge on any atom is -0.490 e. The number of benzene rings is 1. The molecule has 1 aromatic rings. The van der Waals surface area contributed by atoms with Gasteiger partial charge in [0.1, 0.15) is 5.82 Å². The summed E-state index contributed by atoms with van der Waals surface area (Å²) in [5, 5.41) is 0.